The number of rotatable bonds is 3. The van der Waals surface area contributed by atoms with E-state index in [2.05, 4.69) is 9.97 Å². The number of hydrogen-bond donors (Lipinski definition) is 2. The third-order valence-corrected chi connectivity index (χ3v) is 2.58. The first-order valence-electron chi connectivity index (χ1n) is 5.45. The predicted molar refractivity (Wildman–Crippen MR) is 70.1 cm³/mol. The SMILES string of the molecule is COc1ccccc1C(=N)c1cnc(C)nc1N. The van der Waals surface area contributed by atoms with Crippen LogP contribution in [0.1, 0.15) is 17.0 Å². The zero-order valence-electron chi connectivity index (χ0n) is 10.3. The van der Waals surface area contributed by atoms with Gasteiger partial charge in [0.25, 0.3) is 0 Å². The van der Waals surface area contributed by atoms with Gasteiger partial charge < -0.3 is 10.5 Å². The van der Waals surface area contributed by atoms with Crippen molar-refractivity contribution in [1.82, 2.24) is 9.97 Å². The van der Waals surface area contributed by atoms with Gasteiger partial charge in [-0.3, -0.25) is 5.41 Å². The van der Waals surface area contributed by atoms with Crippen LogP contribution in [0.3, 0.4) is 0 Å². The van der Waals surface area contributed by atoms with Gasteiger partial charge in [0.05, 0.1) is 18.4 Å². The summed E-state index contributed by atoms with van der Waals surface area (Å²) >= 11 is 0. The smallest absolute Gasteiger partial charge is 0.136 e. The van der Waals surface area contributed by atoms with Gasteiger partial charge in [0.15, 0.2) is 0 Å². The lowest BCUT2D eigenvalue weighted by molar-refractivity contribution is 0.414. The van der Waals surface area contributed by atoms with Crippen LogP contribution in [-0.2, 0) is 0 Å². The number of nitrogens with one attached hydrogen (secondary N) is 1. The molecule has 3 N–H and O–H groups in total. The lowest BCUT2D eigenvalue weighted by atomic mass is 10.0. The van der Waals surface area contributed by atoms with Crippen molar-refractivity contribution in [1.29, 1.82) is 5.41 Å². The van der Waals surface area contributed by atoms with E-state index in [1.54, 1.807) is 32.4 Å². The van der Waals surface area contributed by atoms with E-state index in [0.29, 0.717) is 28.5 Å². The number of aryl methyl sites for hydroxylation is 1. The Hall–Kier alpha value is -2.43. The molecule has 0 aliphatic rings. The molecule has 1 aromatic carbocycles. The van der Waals surface area contributed by atoms with Crippen LogP contribution in [0.2, 0.25) is 0 Å². The molecule has 5 nitrogen and oxygen atoms in total. The summed E-state index contributed by atoms with van der Waals surface area (Å²) in [4.78, 5) is 8.13. The maximum Gasteiger partial charge on any atom is 0.136 e. The second-order valence-electron chi connectivity index (χ2n) is 3.79. The summed E-state index contributed by atoms with van der Waals surface area (Å²) < 4.78 is 5.23. The maximum atomic E-state index is 8.19. The topological polar surface area (TPSA) is 84.9 Å². The summed E-state index contributed by atoms with van der Waals surface area (Å²) in [7, 11) is 1.57. The minimum Gasteiger partial charge on any atom is -0.496 e. The van der Waals surface area contributed by atoms with Crippen LogP contribution < -0.4 is 10.5 Å². The molecule has 92 valence electrons. The molecular formula is C13H14N4O. The van der Waals surface area contributed by atoms with Gasteiger partial charge in [-0.1, -0.05) is 12.1 Å². The Bertz CT molecular complexity index is 595. The first-order chi connectivity index (χ1) is 8.63. The fourth-order valence-corrected chi connectivity index (χ4v) is 1.68. The molecule has 2 rings (SSSR count). The normalized spacial score (nSPS) is 10.1. The molecule has 0 aliphatic carbocycles. The third-order valence-electron chi connectivity index (χ3n) is 2.58. The Morgan fingerprint density at radius 3 is 2.67 bits per heavy atom. The average Bonchev–Trinajstić information content (AvgIpc) is 2.38. The van der Waals surface area contributed by atoms with Crippen molar-refractivity contribution in [3.8, 4) is 5.75 Å². The zero-order valence-corrected chi connectivity index (χ0v) is 10.3. The number of aromatic nitrogens is 2. The Kier molecular flexibility index (Phi) is 3.23. The average molecular weight is 242 g/mol. The molecule has 0 atom stereocenters. The third kappa shape index (κ3) is 2.15. The van der Waals surface area contributed by atoms with E-state index in [0.717, 1.165) is 0 Å². The van der Waals surface area contributed by atoms with E-state index in [1.807, 2.05) is 12.1 Å². The second kappa shape index (κ2) is 4.83. The zero-order chi connectivity index (χ0) is 13.1. The van der Waals surface area contributed by atoms with Crippen LogP contribution in [0, 0.1) is 12.3 Å². The number of methoxy groups -OCH3 is 1. The highest BCUT2D eigenvalue weighted by Crippen LogP contribution is 2.22. The van der Waals surface area contributed by atoms with Gasteiger partial charge in [-0.05, 0) is 19.1 Å². The number of anilines is 1. The minimum atomic E-state index is 0.255. The molecule has 0 saturated carbocycles. The number of ether oxygens (including phenoxy) is 1. The fourth-order valence-electron chi connectivity index (χ4n) is 1.68. The summed E-state index contributed by atoms with van der Waals surface area (Å²) in [5.41, 5.74) is 7.24. The van der Waals surface area contributed by atoms with Gasteiger partial charge in [-0.15, -0.1) is 0 Å². The van der Waals surface area contributed by atoms with Gasteiger partial charge in [-0.2, -0.15) is 0 Å². The summed E-state index contributed by atoms with van der Waals surface area (Å²) in [6, 6.07) is 7.30. The summed E-state index contributed by atoms with van der Waals surface area (Å²) in [6.07, 6.45) is 1.56. The lowest BCUT2D eigenvalue weighted by Gasteiger charge is -2.10. The van der Waals surface area contributed by atoms with E-state index >= 15 is 0 Å². The highest BCUT2D eigenvalue weighted by atomic mass is 16.5. The monoisotopic (exact) mass is 242 g/mol. The Balaban J connectivity index is 2.48. The molecule has 5 heteroatoms. The molecule has 1 aromatic heterocycles. The molecule has 0 radical (unpaired) electrons. The van der Waals surface area contributed by atoms with Crippen LogP contribution in [0.4, 0.5) is 5.82 Å². The number of nitrogen functional groups attached to an aromatic ring is 1. The van der Waals surface area contributed by atoms with Crippen LogP contribution in [-0.4, -0.2) is 22.8 Å². The molecule has 0 fully saturated rings. The minimum absolute atomic E-state index is 0.255. The van der Waals surface area contributed by atoms with Crippen molar-refractivity contribution in [2.24, 2.45) is 0 Å². The molecule has 0 amide bonds. The van der Waals surface area contributed by atoms with Crippen molar-refractivity contribution < 1.29 is 4.74 Å². The number of para-hydroxylation sites is 1. The Morgan fingerprint density at radius 1 is 1.28 bits per heavy atom. The van der Waals surface area contributed by atoms with Crippen molar-refractivity contribution >= 4 is 11.5 Å². The number of nitrogens with two attached hydrogens (primary N) is 1. The van der Waals surface area contributed by atoms with Crippen molar-refractivity contribution in [2.75, 3.05) is 12.8 Å². The van der Waals surface area contributed by atoms with E-state index in [4.69, 9.17) is 15.9 Å². The molecule has 18 heavy (non-hydrogen) atoms. The second-order valence-corrected chi connectivity index (χ2v) is 3.79. The molecule has 0 bridgehead atoms. The lowest BCUT2D eigenvalue weighted by Crippen LogP contribution is -2.10. The van der Waals surface area contributed by atoms with Gasteiger partial charge in [0, 0.05) is 11.8 Å². The van der Waals surface area contributed by atoms with E-state index in [9.17, 15) is 0 Å². The quantitative estimate of drug-likeness (QED) is 0.803. The molecule has 0 spiro atoms. The molecule has 0 unspecified atom stereocenters. The van der Waals surface area contributed by atoms with Crippen LogP contribution >= 0.6 is 0 Å². The number of hydrogen-bond acceptors (Lipinski definition) is 5. The molecule has 2 aromatic rings. The van der Waals surface area contributed by atoms with Gasteiger partial charge in [0.1, 0.15) is 17.4 Å². The maximum absolute atomic E-state index is 8.19. The summed E-state index contributed by atoms with van der Waals surface area (Å²) in [5.74, 6) is 1.52. The summed E-state index contributed by atoms with van der Waals surface area (Å²) in [5, 5.41) is 8.19. The van der Waals surface area contributed by atoms with Crippen molar-refractivity contribution in [3.05, 3.63) is 47.4 Å². The van der Waals surface area contributed by atoms with E-state index < -0.39 is 0 Å². The van der Waals surface area contributed by atoms with Gasteiger partial charge in [-0.25, -0.2) is 9.97 Å². The number of benzene rings is 1. The van der Waals surface area contributed by atoms with E-state index in [1.165, 1.54) is 0 Å². The van der Waals surface area contributed by atoms with Gasteiger partial charge >= 0.3 is 0 Å². The highest BCUT2D eigenvalue weighted by molar-refractivity contribution is 6.14. The van der Waals surface area contributed by atoms with Crippen LogP contribution in [0.25, 0.3) is 0 Å². The van der Waals surface area contributed by atoms with Crippen LogP contribution in [0.15, 0.2) is 30.5 Å². The van der Waals surface area contributed by atoms with Crippen molar-refractivity contribution in [3.63, 3.8) is 0 Å². The Morgan fingerprint density at radius 2 is 2.00 bits per heavy atom. The van der Waals surface area contributed by atoms with E-state index in [-0.39, 0.29) is 5.71 Å². The number of nitrogens with zero attached hydrogens (tertiary/aromatic N) is 2. The van der Waals surface area contributed by atoms with Crippen LogP contribution in [0.5, 0.6) is 5.75 Å². The van der Waals surface area contributed by atoms with Gasteiger partial charge in [0.2, 0.25) is 0 Å². The van der Waals surface area contributed by atoms with Crippen molar-refractivity contribution in [2.45, 2.75) is 6.92 Å². The highest BCUT2D eigenvalue weighted by Gasteiger charge is 2.14. The predicted octanol–water partition coefficient (Wildman–Crippen LogP) is 1.79. The first kappa shape index (κ1) is 12.0. The molecule has 0 aliphatic heterocycles. The fraction of sp³-hybridized carbons (Fsp3) is 0.154. The largest absolute Gasteiger partial charge is 0.496 e. The molecule has 0 saturated heterocycles. The first-order valence-corrected chi connectivity index (χ1v) is 5.45. The Labute approximate surface area is 105 Å². The summed E-state index contributed by atoms with van der Waals surface area (Å²) in [6.45, 7) is 1.76. The molecule has 1 heterocycles. The molecular weight excluding hydrogens is 228 g/mol. The standard InChI is InChI=1S/C13H14N4O/c1-8-16-7-10(13(15)17-8)12(14)9-5-3-4-6-11(9)18-2/h3-7,14H,1-2H3,(H2,15,16,17).